The molecule has 24 heavy (non-hydrogen) atoms. The lowest BCUT2D eigenvalue weighted by atomic mass is 10.1. The van der Waals surface area contributed by atoms with Gasteiger partial charge in [0.1, 0.15) is 11.5 Å². The van der Waals surface area contributed by atoms with Gasteiger partial charge in [-0.2, -0.15) is 5.10 Å². The van der Waals surface area contributed by atoms with Gasteiger partial charge >= 0.3 is 5.97 Å². The Morgan fingerprint density at radius 2 is 1.92 bits per heavy atom. The molecule has 1 N–H and O–H groups in total. The van der Waals surface area contributed by atoms with Crippen LogP contribution in [0.4, 0.5) is 4.39 Å². The zero-order valence-electron chi connectivity index (χ0n) is 12.2. The third-order valence-corrected chi connectivity index (χ3v) is 3.56. The molecule has 0 aliphatic carbocycles. The van der Waals surface area contributed by atoms with Crippen molar-refractivity contribution in [2.75, 3.05) is 0 Å². The minimum absolute atomic E-state index is 0.0419. The third kappa shape index (κ3) is 2.32. The minimum Gasteiger partial charge on any atom is -0.477 e. The van der Waals surface area contributed by atoms with Crippen molar-refractivity contribution < 1.29 is 18.7 Å². The zero-order chi connectivity index (χ0) is 16.7. The Labute approximate surface area is 134 Å². The third-order valence-electron chi connectivity index (χ3n) is 3.56. The number of nitrogens with zero attached hydrogens (tertiary/aromatic N) is 3. The van der Waals surface area contributed by atoms with E-state index in [1.165, 1.54) is 29.0 Å². The van der Waals surface area contributed by atoms with Crippen LogP contribution >= 0.6 is 0 Å². The summed E-state index contributed by atoms with van der Waals surface area (Å²) in [6.45, 7) is 0. The number of hydrogen-bond donors (Lipinski definition) is 1. The van der Waals surface area contributed by atoms with Gasteiger partial charge in [0.15, 0.2) is 17.1 Å². The highest BCUT2D eigenvalue weighted by atomic mass is 19.1. The maximum Gasteiger partial charge on any atom is 0.354 e. The molecule has 4 rings (SSSR count). The predicted octanol–water partition coefficient (Wildman–Crippen LogP) is 3.49. The van der Waals surface area contributed by atoms with Crippen LogP contribution in [0, 0.1) is 5.82 Å². The Morgan fingerprint density at radius 1 is 1.12 bits per heavy atom. The highest BCUT2D eigenvalue weighted by Crippen LogP contribution is 2.24. The predicted molar refractivity (Wildman–Crippen MR) is 83.0 cm³/mol. The summed E-state index contributed by atoms with van der Waals surface area (Å²) in [5, 5.41) is 13.7. The topological polar surface area (TPSA) is 80.6 Å². The Hall–Kier alpha value is -3.48. The molecule has 118 valence electrons. The first-order valence-electron chi connectivity index (χ1n) is 7.06. The van der Waals surface area contributed by atoms with E-state index in [1.807, 2.05) is 0 Å². The monoisotopic (exact) mass is 323 g/mol. The van der Waals surface area contributed by atoms with Crippen molar-refractivity contribution in [3.8, 4) is 22.7 Å². The van der Waals surface area contributed by atoms with E-state index in [0.717, 1.165) is 0 Å². The van der Waals surface area contributed by atoms with Gasteiger partial charge in [-0.05, 0) is 36.4 Å². The Bertz CT molecular complexity index is 1040. The first kappa shape index (κ1) is 14.1. The number of carboxylic acids is 1. The van der Waals surface area contributed by atoms with Crippen molar-refractivity contribution >= 4 is 11.6 Å². The van der Waals surface area contributed by atoms with E-state index in [1.54, 1.807) is 30.3 Å². The summed E-state index contributed by atoms with van der Waals surface area (Å²) in [7, 11) is 0. The van der Waals surface area contributed by atoms with Gasteiger partial charge in [-0.1, -0.05) is 0 Å². The lowest BCUT2D eigenvalue weighted by molar-refractivity contribution is 0.0687. The number of furan rings is 1. The van der Waals surface area contributed by atoms with Crippen LogP contribution in [0.2, 0.25) is 0 Å². The number of aromatic nitrogens is 3. The van der Waals surface area contributed by atoms with Crippen LogP contribution in [0.5, 0.6) is 0 Å². The molecule has 0 unspecified atom stereocenters. The number of fused-ring (bicyclic) bond motifs is 1. The Morgan fingerprint density at radius 3 is 2.58 bits per heavy atom. The summed E-state index contributed by atoms with van der Waals surface area (Å²) in [4.78, 5) is 16.0. The lowest BCUT2D eigenvalue weighted by Gasteiger charge is -2.02. The number of hydrogen-bond acceptors (Lipinski definition) is 4. The van der Waals surface area contributed by atoms with Crippen LogP contribution in [-0.4, -0.2) is 25.7 Å². The standard InChI is InChI=1S/C17H10FN3O3/c18-11-5-3-10(4-6-11)12-9-16-19-13(15-2-1-7-24-15)8-14(17(22)23)21(16)20-12/h1-9H,(H,22,23). The van der Waals surface area contributed by atoms with Crippen LogP contribution in [0.15, 0.2) is 59.2 Å². The van der Waals surface area contributed by atoms with Gasteiger partial charge in [-0.25, -0.2) is 18.7 Å². The molecule has 1 aromatic carbocycles. The molecule has 4 aromatic rings. The smallest absolute Gasteiger partial charge is 0.354 e. The van der Waals surface area contributed by atoms with Gasteiger partial charge in [0, 0.05) is 17.7 Å². The molecule has 0 saturated heterocycles. The number of rotatable bonds is 3. The van der Waals surface area contributed by atoms with E-state index >= 15 is 0 Å². The van der Waals surface area contributed by atoms with Gasteiger partial charge in [0.25, 0.3) is 0 Å². The van der Waals surface area contributed by atoms with Gasteiger partial charge in [-0.15, -0.1) is 0 Å². The molecule has 0 aliphatic heterocycles. The maximum atomic E-state index is 13.1. The summed E-state index contributed by atoms with van der Waals surface area (Å²) >= 11 is 0. The molecular weight excluding hydrogens is 313 g/mol. The fraction of sp³-hybridized carbons (Fsp3) is 0. The average molecular weight is 323 g/mol. The molecule has 0 bridgehead atoms. The van der Waals surface area contributed by atoms with Gasteiger partial charge in [-0.3, -0.25) is 0 Å². The average Bonchev–Trinajstić information content (AvgIpc) is 3.23. The molecule has 3 aromatic heterocycles. The Balaban J connectivity index is 1.93. The SMILES string of the molecule is O=C(O)c1cc(-c2ccco2)nc2cc(-c3ccc(F)cc3)nn12. The molecule has 0 amide bonds. The Kier molecular flexibility index (Phi) is 3.13. The van der Waals surface area contributed by atoms with Crippen molar-refractivity contribution in [1.82, 2.24) is 14.6 Å². The molecule has 0 saturated carbocycles. The zero-order valence-corrected chi connectivity index (χ0v) is 12.2. The van der Waals surface area contributed by atoms with E-state index < -0.39 is 5.97 Å². The largest absolute Gasteiger partial charge is 0.477 e. The normalized spacial score (nSPS) is 11.0. The number of benzene rings is 1. The van der Waals surface area contributed by atoms with Crippen LogP contribution < -0.4 is 0 Å². The lowest BCUT2D eigenvalue weighted by Crippen LogP contribution is -2.08. The molecular formula is C17H10FN3O3. The van der Waals surface area contributed by atoms with Gasteiger partial charge in [0.2, 0.25) is 0 Å². The minimum atomic E-state index is -1.14. The molecule has 0 spiro atoms. The van der Waals surface area contributed by atoms with Crippen LogP contribution in [0.25, 0.3) is 28.4 Å². The van der Waals surface area contributed by atoms with E-state index in [2.05, 4.69) is 10.1 Å². The summed E-state index contributed by atoms with van der Waals surface area (Å²) < 4.78 is 19.6. The van der Waals surface area contributed by atoms with Crippen molar-refractivity contribution in [1.29, 1.82) is 0 Å². The quantitative estimate of drug-likeness (QED) is 0.624. The molecule has 7 heteroatoms. The highest BCUT2D eigenvalue weighted by Gasteiger charge is 2.17. The second-order valence-electron chi connectivity index (χ2n) is 5.12. The van der Waals surface area contributed by atoms with Crippen LogP contribution in [-0.2, 0) is 0 Å². The van der Waals surface area contributed by atoms with Crippen molar-refractivity contribution in [2.24, 2.45) is 0 Å². The van der Waals surface area contributed by atoms with Crippen molar-refractivity contribution in [3.63, 3.8) is 0 Å². The van der Waals surface area contributed by atoms with E-state index in [9.17, 15) is 14.3 Å². The number of aromatic carboxylic acids is 1. The first-order chi connectivity index (χ1) is 11.6. The second-order valence-corrected chi connectivity index (χ2v) is 5.12. The van der Waals surface area contributed by atoms with E-state index in [0.29, 0.717) is 28.4 Å². The molecule has 0 aliphatic rings. The fourth-order valence-electron chi connectivity index (χ4n) is 2.44. The number of halogens is 1. The van der Waals surface area contributed by atoms with Gasteiger partial charge < -0.3 is 9.52 Å². The first-order valence-corrected chi connectivity index (χ1v) is 7.06. The van der Waals surface area contributed by atoms with E-state index in [4.69, 9.17) is 4.42 Å². The number of carbonyl (C=O) groups is 1. The molecule has 0 radical (unpaired) electrons. The maximum absolute atomic E-state index is 13.1. The molecule has 6 nitrogen and oxygen atoms in total. The van der Waals surface area contributed by atoms with Crippen molar-refractivity contribution in [3.05, 3.63) is 66.3 Å². The van der Waals surface area contributed by atoms with E-state index in [-0.39, 0.29) is 11.5 Å². The summed E-state index contributed by atoms with van der Waals surface area (Å²) in [5.74, 6) is -1.03. The fourth-order valence-corrected chi connectivity index (χ4v) is 2.44. The van der Waals surface area contributed by atoms with Gasteiger partial charge in [0.05, 0.1) is 12.0 Å². The molecule has 0 atom stereocenters. The highest BCUT2D eigenvalue weighted by molar-refractivity contribution is 5.88. The van der Waals surface area contributed by atoms with Crippen LogP contribution in [0.3, 0.4) is 0 Å². The molecule has 3 heterocycles. The van der Waals surface area contributed by atoms with Crippen LogP contribution in [0.1, 0.15) is 10.5 Å². The summed E-state index contributed by atoms with van der Waals surface area (Å²) in [6, 6.07) is 12.2. The summed E-state index contributed by atoms with van der Waals surface area (Å²) in [6.07, 6.45) is 1.49. The molecule has 0 fully saturated rings. The van der Waals surface area contributed by atoms with Crippen molar-refractivity contribution in [2.45, 2.75) is 0 Å². The number of carboxylic acid groups (broad SMARTS) is 1. The summed E-state index contributed by atoms with van der Waals surface area (Å²) in [5.41, 5.74) is 1.88. The second kappa shape index (κ2) is 5.31.